The van der Waals surface area contributed by atoms with Crippen LogP contribution >= 0.6 is 0 Å². The minimum atomic E-state index is -2.61. The van der Waals surface area contributed by atoms with E-state index < -0.39 is 8.07 Å². The van der Waals surface area contributed by atoms with E-state index in [-0.39, 0.29) is 5.84 Å². The zero-order chi connectivity index (χ0) is 37.7. The van der Waals surface area contributed by atoms with E-state index in [1.807, 2.05) is 67.0 Å². The largest absolute Gasteiger partial charge is 0.300 e. The molecule has 9 aromatic rings. The van der Waals surface area contributed by atoms with Crippen LogP contribution in [0.5, 0.6) is 0 Å². The molecule has 8 aromatic carbocycles. The van der Waals surface area contributed by atoms with Gasteiger partial charge in [0.25, 0.3) is 0 Å². The zero-order valence-corrected chi connectivity index (χ0v) is 31.7. The molecular weight excluding hydrogens is 697 g/mol. The van der Waals surface area contributed by atoms with Crippen LogP contribution < -0.4 is 20.7 Å². The van der Waals surface area contributed by atoms with Gasteiger partial charge >= 0.3 is 0 Å². The number of nitrogens with one attached hydrogen (secondary N) is 1. The molecule has 56 heavy (non-hydrogen) atoms. The fraction of sp³-hybridized carbons (Fsp3) is 0. The maximum atomic E-state index is 8.74. The van der Waals surface area contributed by atoms with Gasteiger partial charge in [0.15, 0.2) is 19.7 Å². The molecule has 0 spiro atoms. The van der Waals surface area contributed by atoms with Crippen LogP contribution in [-0.4, -0.2) is 30.7 Å². The fourth-order valence-corrected chi connectivity index (χ4v) is 12.7. The fourth-order valence-electron chi connectivity index (χ4n) is 7.92. The minimum absolute atomic E-state index is 0.163. The van der Waals surface area contributed by atoms with Crippen LogP contribution in [0.2, 0.25) is 0 Å². The lowest BCUT2D eigenvalue weighted by atomic mass is 10.0. The summed E-state index contributed by atoms with van der Waals surface area (Å²) in [5, 5.41) is 16.5. The van der Waals surface area contributed by atoms with E-state index in [0.29, 0.717) is 5.84 Å². The summed E-state index contributed by atoms with van der Waals surface area (Å²) in [6.07, 6.45) is 1.84. The number of fused-ring (bicyclic) bond motifs is 3. The Bertz CT molecular complexity index is 2730. The molecule has 4 nitrogen and oxygen atoms in total. The molecule has 0 bridgehead atoms. The van der Waals surface area contributed by atoms with E-state index >= 15 is 0 Å². The molecule has 0 unspecified atom stereocenters. The van der Waals surface area contributed by atoms with Gasteiger partial charge < -0.3 is 0 Å². The maximum Gasteiger partial charge on any atom is 0.179 e. The van der Waals surface area contributed by atoms with Crippen molar-refractivity contribution in [2.75, 3.05) is 0 Å². The van der Waals surface area contributed by atoms with Gasteiger partial charge in [0.05, 0.1) is 11.0 Å². The smallest absolute Gasteiger partial charge is 0.179 e. The number of aromatic nitrogens is 1. The maximum absolute atomic E-state index is 8.74. The van der Waals surface area contributed by atoms with E-state index in [1.54, 1.807) is 0 Å². The first-order valence-electron chi connectivity index (χ1n) is 18.8. The summed E-state index contributed by atoms with van der Waals surface area (Å²) in [7, 11) is -2.61. The molecule has 1 aromatic heterocycles. The van der Waals surface area contributed by atoms with E-state index in [0.717, 1.165) is 44.1 Å². The molecule has 0 saturated heterocycles. The number of hydrogen-bond donors (Lipinski definition) is 1. The molecule has 0 radical (unpaired) electrons. The van der Waals surface area contributed by atoms with Crippen LogP contribution in [0.15, 0.2) is 228 Å². The van der Waals surface area contributed by atoms with Gasteiger partial charge in [-0.1, -0.05) is 200 Å². The first kappa shape index (κ1) is 34.5. The summed E-state index contributed by atoms with van der Waals surface area (Å²) in [6.45, 7) is 0. The Balaban J connectivity index is 1.13. The topological polar surface area (TPSA) is 53.5 Å². The van der Waals surface area contributed by atoms with Crippen molar-refractivity contribution < 1.29 is 0 Å². The van der Waals surface area contributed by atoms with Crippen molar-refractivity contribution in [3.05, 3.63) is 230 Å². The Kier molecular flexibility index (Phi) is 9.42. The van der Waals surface area contributed by atoms with E-state index in [2.05, 4.69) is 162 Å². The van der Waals surface area contributed by atoms with Crippen LogP contribution in [0.3, 0.4) is 0 Å². The molecule has 0 aliphatic rings. The van der Waals surface area contributed by atoms with Crippen molar-refractivity contribution in [3.8, 4) is 11.1 Å². The average molecular weight is 735 g/mol. The van der Waals surface area contributed by atoms with Crippen LogP contribution in [0.4, 0.5) is 0 Å². The van der Waals surface area contributed by atoms with Crippen molar-refractivity contribution in [2.24, 2.45) is 9.98 Å². The molecule has 0 atom stereocenters. The van der Waals surface area contributed by atoms with Crippen molar-refractivity contribution in [3.63, 3.8) is 0 Å². The van der Waals surface area contributed by atoms with Crippen LogP contribution in [0.1, 0.15) is 11.1 Å². The second kappa shape index (κ2) is 15.3. The SMILES string of the molecule is N=C(N=C(N=Cn1c2ccccc2c2cc(-c3ccc([Si](c4ccccc4)(c4ccccc4)c4ccccc4)cc3)ccc21)c1ccccc1)c1ccccc1. The molecule has 0 aliphatic carbocycles. The van der Waals surface area contributed by atoms with Gasteiger partial charge in [-0.15, -0.1) is 0 Å². The molecule has 0 amide bonds. The predicted octanol–water partition coefficient (Wildman–Crippen LogP) is 9.19. The van der Waals surface area contributed by atoms with Gasteiger partial charge in [0.2, 0.25) is 0 Å². The van der Waals surface area contributed by atoms with Gasteiger partial charge in [-0.3, -0.25) is 9.98 Å². The summed E-state index contributed by atoms with van der Waals surface area (Å²) in [4.78, 5) is 9.65. The zero-order valence-electron chi connectivity index (χ0n) is 30.7. The highest BCUT2D eigenvalue weighted by Crippen LogP contribution is 2.32. The van der Waals surface area contributed by atoms with E-state index in [4.69, 9.17) is 15.4 Å². The molecular formula is C51H38N4Si. The summed E-state index contributed by atoms with van der Waals surface area (Å²) < 4.78 is 2.13. The first-order valence-corrected chi connectivity index (χ1v) is 20.8. The molecule has 1 N–H and O–H groups in total. The van der Waals surface area contributed by atoms with Crippen molar-refractivity contribution in [1.82, 2.24) is 4.57 Å². The monoisotopic (exact) mass is 734 g/mol. The lowest BCUT2D eigenvalue weighted by molar-refractivity contribution is 1.31. The lowest BCUT2D eigenvalue weighted by Crippen LogP contribution is -2.74. The number of benzene rings is 8. The Morgan fingerprint density at radius 1 is 0.429 bits per heavy atom. The van der Waals surface area contributed by atoms with Crippen molar-refractivity contribution >= 4 is 68.6 Å². The van der Waals surface area contributed by atoms with Crippen LogP contribution in [-0.2, 0) is 0 Å². The number of amidine groups is 2. The van der Waals surface area contributed by atoms with Crippen LogP contribution in [0, 0.1) is 5.41 Å². The summed E-state index contributed by atoms with van der Waals surface area (Å²) in [5.41, 5.74) is 5.99. The van der Waals surface area contributed by atoms with Gasteiger partial charge in [-0.2, -0.15) is 0 Å². The molecule has 0 fully saturated rings. The average Bonchev–Trinajstić information content (AvgIpc) is 3.60. The molecule has 0 saturated carbocycles. The second-order valence-electron chi connectivity index (χ2n) is 13.8. The predicted molar refractivity (Wildman–Crippen MR) is 239 cm³/mol. The van der Waals surface area contributed by atoms with Gasteiger partial charge in [-0.25, -0.2) is 9.98 Å². The number of aliphatic imine (C=N–C) groups is 2. The molecule has 1 heterocycles. The number of para-hydroxylation sites is 1. The van der Waals surface area contributed by atoms with Gasteiger partial charge in [-0.05, 0) is 50.1 Å². The Morgan fingerprint density at radius 3 is 1.45 bits per heavy atom. The third kappa shape index (κ3) is 6.40. The normalized spacial score (nSPS) is 12.0. The van der Waals surface area contributed by atoms with Crippen molar-refractivity contribution in [1.29, 1.82) is 5.41 Å². The Morgan fingerprint density at radius 2 is 0.875 bits per heavy atom. The molecule has 9 rings (SSSR count). The highest BCUT2D eigenvalue weighted by atomic mass is 28.3. The summed E-state index contributed by atoms with van der Waals surface area (Å²) in [6, 6.07) is 77.0. The summed E-state index contributed by atoms with van der Waals surface area (Å²) >= 11 is 0. The van der Waals surface area contributed by atoms with Crippen LogP contribution in [0.25, 0.3) is 32.9 Å². The molecule has 5 heteroatoms. The third-order valence-electron chi connectivity index (χ3n) is 10.6. The Hall–Kier alpha value is -7.21. The van der Waals surface area contributed by atoms with Gasteiger partial charge in [0, 0.05) is 21.9 Å². The highest BCUT2D eigenvalue weighted by molar-refractivity contribution is 7.19. The standard InChI is InChI=1S/C51H38N4Si/c52-50(39-18-6-1-7-19-39)54-51(40-20-8-2-9-21-40)53-37-55-48-29-17-16-28-46(48)47-36-41(32-35-49(47)55)38-30-33-45(34-31-38)56(42-22-10-3-11-23-42,43-24-12-4-13-25-43)44-26-14-5-15-27-44/h1-37,52H. The van der Waals surface area contributed by atoms with E-state index in [1.165, 1.54) is 20.7 Å². The minimum Gasteiger partial charge on any atom is -0.300 e. The first-order chi connectivity index (χ1) is 27.7. The number of rotatable bonds is 8. The van der Waals surface area contributed by atoms with Crippen molar-refractivity contribution in [2.45, 2.75) is 0 Å². The second-order valence-corrected chi connectivity index (χ2v) is 17.6. The quantitative estimate of drug-likeness (QED) is 0.0701. The Labute approximate surface area is 328 Å². The number of hydrogen-bond acceptors (Lipinski definition) is 1. The van der Waals surface area contributed by atoms with Gasteiger partial charge in [0.1, 0.15) is 6.34 Å². The summed E-state index contributed by atoms with van der Waals surface area (Å²) in [5.74, 6) is 0.638. The highest BCUT2D eigenvalue weighted by Gasteiger charge is 2.41. The molecule has 0 aliphatic heterocycles. The van der Waals surface area contributed by atoms with E-state index in [9.17, 15) is 0 Å². The molecule has 266 valence electrons. The lowest BCUT2D eigenvalue weighted by Gasteiger charge is -2.34. The number of nitrogens with zero attached hydrogens (tertiary/aromatic N) is 3. The third-order valence-corrected chi connectivity index (χ3v) is 15.4.